The van der Waals surface area contributed by atoms with E-state index in [1.807, 2.05) is 0 Å². The molecule has 1 atom stereocenters. The van der Waals surface area contributed by atoms with Crippen molar-refractivity contribution >= 4 is 34.1 Å². The quantitative estimate of drug-likeness (QED) is 0.836. The van der Waals surface area contributed by atoms with Gasteiger partial charge in [0.1, 0.15) is 16.8 Å². The van der Waals surface area contributed by atoms with E-state index in [9.17, 15) is 14.4 Å². The fraction of sp³-hybridized carbons (Fsp3) is 0.417. The Morgan fingerprint density at radius 1 is 1.53 bits per heavy atom. The minimum atomic E-state index is -0.640. The lowest BCUT2D eigenvalue weighted by molar-refractivity contribution is -0.135. The van der Waals surface area contributed by atoms with Crippen molar-refractivity contribution in [2.75, 3.05) is 12.0 Å². The molecular formula is C12H14N2O4S. The van der Waals surface area contributed by atoms with E-state index >= 15 is 0 Å². The summed E-state index contributed by atoms with van der Waals surface area (Å²) in [5.74, 6) is -0.329. The number of carbonyl (C=O) groups is 3. The van der Waals surface area contributed by atoms with E-state index in [2.05, 4.69) is 5.32 Å². The van der Waals surface area contributed by atoms with Crippen molar-refractivity contribution in [3.63, 3.8) is 0 Å². The molecule has 102 valence electrons. The largest absolute Gasteiger partial charge is 0.496 e. The van der Waals surface area contributed by atoms with Crippen LogP contribution in [0.1, 0.15) is 19.8 Å². The predicted octanol–water partition coefficient (Wildman–Crippen LogP) is 0.915. The average molecular weight is 282 g/mol. The Kier molecular flexibility index (Phi) is 3.84. The maximum atomic E-state index is 11.8. The highest BCUT2D eigenvalue weighted by Gasteiger charge is 2.34. The Hall–Kier alpha value is -1.89. The second kappa shape index (κ2) is 5.40. The summed E-state index contributed by atoms with van der Waals surface area (Å²) in [5.41, 5.74) is 0. The minimum absolute atomic E-state index is 0.237. The van der Waals surface area contributed by atoms with E-state index in [0.29, 0.717) is 17.2 Å². The lowest BCUT2D eigenvalue weighted by atomic mass is 10.0. The summed E-state index contributed by atoms with van der Waals surface area (Å²) in [6.45, 7) is 1.40. The van der Waals surface area contributed by atoms with Crippen LogP contribution in [0.3, 0.4) is 0 Å². The highest BCUT2D eigenvalue weighted by atomic mass is 32.1. The zero-order valence-corrected chi connectivity index (χ0v) is 11.5. The molecule has 1 aromatic heterocycles. The number of nitrogens with one attached hydrogen (secondary N) is 1. The molecule has 1 aliphatic rings. The van der Waals surface area contributed by atoms with E-state index < -0.39 is 11.9 Å². The van der Waals surface area contributed by atoms with Crippen molar-refractivity contribution in [3.05, 3.63) is 11.4 Å². The summed E-state index contributed by atoms with van der Waals surface area (Å²) in [4.78, 5) is 36.2. The molecule has 0 aliphatic carbocycles. The number of nitrogens with zero attached hydrogens (tertiary/aromatic N) is 1. The van der Waals surface area contributed by atoms with E-state index in [4.69, 9.17) is 4.74 Å². The van der Waals surface area contributed by atoms with Crippen LogP contribution >= 0.6 is 11.3 Å². The first-order valence-electron chi connectivity index (χ1n) is 5.79. The Bertz CT molecular complexity index is 526. The Morgan fingerprint density at radius 2 is 2.26 bits per heavy atom. The maximum absolute atomic E-state index is 11.8. The molecule has 1 N–H and O–H groups in total. The lowest BCUT2D eigenvalue weighted by Gasteiger charge is -2.30. The fourth-order valence-electron chi connectivity index (χ4n) is 2.00. The van der Waals surface area contributed by atoms with Crippen molar-refractivity contribution in [1.82, 2.24) is 5.32 Å². The number of amides is 3. The van der Waals surface area contributed by atoms with Gasteiger partial charge in [0.25, 0.3) is 0 Å². The summed E-state index contributed by atoms with van der Waals surface area (Å²) >= 11 is 1.32. The van der Waals surface area contributed by atoms with Crippen molar-refractivity contribution < 1.29 is 19.1 Å². The summed E-state index contributed by atoms with van der Waals surface area (Å²) in [6.07, 6.45) is 0.577. The first kappa shape index (κ1) is 13.5. The van der Waals surface area contributed by atoms with Crippen LogP contribution in [0.15, 0.2) is 11.4 Å². The molecule has 1 fully saturated rings. The number of rotatable bonds is 3. The van der Waals surface area contributed by atoms with Gasteiger partial charge in [0.15, 0.2) is 0 Å². The smallest absolute Gasteiger partial charge is 0.249 e. The van der Waals surface area contributed by atoms with Crippen LogP contribution in [-0.4, -0.2) is 30.9 Å². The molecule has 1 unspecified atom stereocenters. The van der Waals surface area contributed by atoms with Gasteiger partial charge in [-0.15, -0.1) is 11.3 Å². The molecule has 2 rings (SSSR count). The summed E-state index contributed by atoms with van der Waals surface area (Å²) in [6, 6.07) is 1.06. The molecule has 0 saturated carbocycles. The van der Waals surface area contributed by atoms with Crippen LogP contribution in [0.25, 0.3) is 0 Å². The van der Waals surface area contributed by atoms with E-state index in [1.165, 1.54) is 30.3 Å². The van der Waals surface area contributed by atoms with Gasteiger partial charge < -0.3 is 4.74 Å². The molecule has 2 heterocycles. The van der Waals surface area contributed by atoms with Crippen LogP contribution < -0.4 is 15.0 Å². The van der Waals surface area contributed by atoms with Crippen LogP contribution in [-0.2, 0) is 14.4 Å². The van der Waals surface area contributed by atoms with Gasteiger partial charge in [-0.3, -0.25) is 24.6 Å². The second-order valence-corrected chi connectivity index (χ2v) is 5.07. The van der Waals surface area contributed by atoms with Crippen LogP contribution in [0.2, 0.25) is 0 Å². The van der Waals surface area contributed by atoms with Crippen molar-refractivity contribution in [1.29, 1.82) is 0 Å². The average Bonchev–Trinajstić information content (AvgIpc) is 2.80. The van der Waals surface area contributed by atoms with Crippen molar-refractivity contribution in [3.8, 4) is 5.75 Å². The monoisotopic (exact) mass is 282 g/mol. The SMILES string of the molecule is COc1csc(N(C(C)=O)C2CCC(=O)NC2=O)c1. The summed E-state index contributed by atoms with van der Waals surface area (Å²) < 4.78 is 5.07. The molecule has 0 aromatic carbocycles. The summed E-state index contributed by atoms with van der Waals surface area (Å²) in [7, 11) is 1.54. The number of piperidine rings is 1. The third-order valence-electron chi connectivity index (χ3n) is 2.90. The number of anilines is 1. The van der Waals surface area contributed by atoms with Gasteiger partial charge in [0.2, 0.25) is 17.7 Å². The third-order valence-corrected chi connectivity index (χ3v) is 3.80. The zero-order valence-electron chi connectivity index (χ0n) is 10.6. The Morgan fingerprint density at radius 3 is 2.79 bits per heavy atom. The molecule has 1 aromatic rings. The van der Waals surface area contributed by atoms with E-state index in [0.717, 1.165) is 0 Å². The predicted molar refractivity (Wildman–Crippen MR) is 70.2 cm³/mol. The van der Waals surface area contributed by atoms with Crippen molar-refractivity contribution in [2.24, 2.45) is 0 Å². The highest BCUT2D eigenvalue weighted by Crippen LogP contribution is 2.32. The third kappa shape index (κ3) is 2.76. The first-order chi connectivity index (χ1) is 9.02. The Balaban J connectivity index is 2.27. The molecular weight excluding hydrogens is 268 g/mol. The standard InChI is InChI=1S/C12H14N2O4S/c1-7(15)14(11-5-8(18-2)6-19-11)9-3-4-10(16)13-12(9)17/h5-6,9H,3-4H2,1-2H3,(H,13,16,17). The fourth-order valence-corrected chi connectivity index (χ4v) is 2.95. The Labute approximate surface area is 114 Å². The zero-order chi connectivity index (χ0) is 14.0. The lowest BCUT2D eigenvalue weighted by Crippen LogP contribution is -2.54. The van der Waals surface area contributed by atoms with E-state index in [1.54, 1.807) is 11.4 Å². The number of imide groups is 1. The number of methoxy groups -OCH3 is 1. The van der Waals surface area contributed by atoms with Crippen LogP contribution in [0, 0.1) is 0 Å². The number of hydrogen-bond donors (Lipinski definition) is 1. The van der Waals surface area contributed by atoms with Gasteiger partial charge >= 0.3 is 0 Å². The molecule has 7 heteroatoms. The van der Waals surface area contributed by atoms with E-state index in [-0.39, 0.29) is 18.2 Å². The number of thiophene rings is 1. The van der Waals surface area contributed by atoms with Crippen LogP contribution in [0.5, 0.6) is 5.75 Å². The van der Waals surface area contributed by atoms with Gasteiger partial charge in [0.05, 0.1) is 7.11 Å². The van der Waals surface area contributed by atoms with Gasteiger partial charge in [-0.05, 0) is 6.42 Å². The molecule has 1 saturated heterocycles. The first-order valence-corrected chi connectivity index (χ1v) is 6.67. The molecule has 19 heavy (non-hydrogen) atoms. The minimum Gasteiger partial charge on any atom is -0.496 e. The topological polar surface area (TPSA) is 75.7 Å². The van der Waals surface area contributed by atoms with Gasteiger partial charge in [-0.2, -0.15) is 0 Å². The number of carbonyl (C=O) groups excluding carboxylic acids is 3. The molecule has 1 aliphatic heterocycles. The maximum Gasteiger partial charge on any atom is 0.249 e. The van der Waals surface area contributed by atoms with Gasteiger partial charge in [-0.25, -0.2) is 0 Å². The molecule has 0 radical (unpaired) electrons. The van der Waals surface area contributed by atoms with Crippen molar-refractivity contribution in [2.45, 2.75) is 25.8 Å². The number of hydrogen-bond acceptors (Lipinski definition) is 5. The molecule has 0 spiro atoms. The number of ether oxygens (including phenoxy) is 1. The normalized spacial score (nSPS) is 18.9. The molecule has 0 bridgehead atoms. The van der Waals surface area contributed by atoms with Gasteiger partial charge in [-0.1, -0.05) is 0 Å². The molecule has 3 amide bonds. The second-order valence-electron chi connectivity index (χ2n) is 4.18. The van der Waals surface area contributed by atoms with Crippen LogP contribution in [0.4, 0.5) is 5.00 Å². The summed E-state index contributed by atoms with van der Waals surface area (Å²) in [5, 5.41) is 4.66. The van der Waals surface area contributed by atoms with Gasteiger partial charge in [0, 0.05) is 24.8 Å². The highest BCUT2D eigenvalue weighted by molar-refractivity contribution is 7.14. The molecule has 6 nitrogen and oxygen atoms in total.